The van der Waals surface area contributed by atoms with E-state index in [1.807, 2.05) is 12.1 Å². The Kier molecular flexibility index (Phi) is 4.32. The van der Waals surface area contributed by atoms with Crippen molar-refractivity contribution in [2.45, 2.75) is 16.0 Å². The van der Waals surface area contributed by atoms with Crippen LogP contribution in [-0.4, -0.2) is 10.1 Å². The maximum atomic E-state index is 12.5. The molecule has 0 spiro atoms. The summed E-state index contributed by atoms with van der Waals surface area (Å²) in [6, 6.07) is 15.0. The summed E-state index contributed by atoms with van der Waals surface area (Å²) in [6.07, 6.45) is -4.66. The Morgan fingerprint density at radius 1 is 1.17 bits per heavy atom. The second kappa shape index (κ2) is 6.25. The molecular weight excluding hydrogens is 349 g/mol. The Bertz CT molecular complexity index is 835. The lowest BCUT2D eigenvalue weighted by Crippen LogP contribution is -2.04. The SMILES string of the molecule is FC(F)(F)c1nc(-c2cc[c]c(Sc3cccc(Cl)c3)c2)no1. The van der Waals surface area contributed by atoms with E-state index in [-0.39, 0.29) is 5.82 Å². The molecule has 1 heterocycles. The van der Waals surface area contributed by atoms with E-state index in [1.165, 1.54) is 11.8 Å². The molecule has 0 saturated carbocycles. The van der Waals surface area contributed by atoms with Crippen molar-refractivity contribution in [3.8, 4) is 11.4 Å². The first kappa shape index (κ1) is 15.9. The average molecular weight is 356 g/mol. The summed E-state index contributed by atoms with van der Waals surface area (Å²) in [7, 11) is 0. The number of benzene rings is 2. The quantitative estimate of drug-likeness (QED) is 0.634. The summed E-state index contributed by atoms with van der Waals surface area (Å²) in [5, 5.41) is 3.96. The molecule has 0 N–H and O–H groups in total. The van der Waals surface area contributed by atoms with Gasteiger partial charge in [0.2, 0.25) is 5.82 Å². The first-order valence-corrected chi connectivity index (χ1v) is 7.48. The molecule has 0 aliphatic heterocycles. The summed E-state index contributed by atoms with van der Waals surface area (Å²) in [6.45, 7) is 0. The van der Waals surface area contributed by atoms with Crippen molar-refractivity contribution in [1.82, 2.24) is 10.1 Å². The third-order valence-corrected chi connectivity index (χ3v) is 3.91. The van der Waals surface area contributed by atoms with Gasteiger partial charge in [-0.2, -0.15) is 18.2 Å². The second-order valence-corrected chi connectivity index (χ2v) is 5.97. The fourth-order valence-corrected chi connectivity index (χ4v) is 2.91. The van der Waals surface area contributed by atoms with E-state index in [4.69, 9.17) is 11.6 Å². The lowest BCUT2D eigenvalue weighted by atomic mass is 10.2. The Balaban J connectivity index is 1.86. The van der Waals surface area contributed by atoms with Crippen LogP contribution in [-0.2, 0) is 6.18 Å². The summed E-state index contributed by atoms with van der Waals surface area (Å²) >= 11 is 7.30. The van der Waals surface area contributed by atoms with Gasteiger partial charge in [-0.3, -0.25) is 0 Å². The first-order valence-electron chi connectivity index (χ1n) is 6.28. The highest BCUT2D eigenvalue weighted by molar-refractivity contribution is 7.99. The molecule has 1 aromatic heterocycles. The van der Waals surface area contributed by atoms with Crippen molar-refractivity contribution in [2.24, 2.45) is 0 Å². The van der Waals surface area contributed by atoms with Crippen molar-refractivity contribution in [3.05, 3.63) is 59.4 Å². The fraction of sp³-hybridized carbons (Fsp3) is 0.0667. The first-order chi connectivity index (χ1) is 10.9. The number of hydrogen-bond donors (Lipinski definition) is 0. The van der Waals surface area contributed by atoms with Gasteiger partial charge in [0.15, 0.2) is 0 Å². The molecule has 117 valence electrons. The number of aromatic nitrogens is 2. The minimum absolute atomic E-state index is 0.126. The van der Waals surface area contributed by atoms with Gasteiger partial charge in [0, 0.05) is 20.4 Å². The van der Waals surface area contributed by atoms with E-state index in [0.29, 0.717) is 15.5 Å². The van der Waals surface area contributed by atoms with Crippen LogP contribution in [0, 0.1) is 6.07 Å². The maximum absolute atomic E-state index is 12.5. The Morgan fingerprint density at radius 3 is 2.70 bits per heavy atom. The number of hydrogen-bond acceptors (Lipinski definition) is 4. The molecule has 0 unspecified atom stereocenters. The van der Waals surface area contributed by atoms with E-state index in [9.17, 15) is 13.2 Å². The highest BCUT2D eigenvalue weighted by Gasteiger charge is 2.38. The molecule has 0 fully saturated rings. The van der Waals surface area contributed by atoms with Crippen molar-refractivity contribution in [3.63, 3.8) is 0 Å². The van der Waals surface area contributed by atoms with Crippen LogP contribution in [0.2, 0.25) is 5.02 Å². The van der Waals surface area contributed by atoms with Crippen LogP contribution < -0.4 is 0 Å². The maximum Gasteiger partial charge on any atom is 0.471 e. The molecule has 8 heteroatoms. The van der Waals surface area contributed by atoms with E-state index in [2.05, 4.69) is 20.7 Å². The molecule has 0 saturated heterocycles. The predicted octanol–water partition coefficient (Wildman–Crippen LogP) is 5.36. The van der Waals surface area contributed by atoms with Gasteiger partial charge >= 0.3 is 12.1 Å². The van der Waals surface area contributed by atoms with Crippen LogP contribution >= 0.6 is 23.4 Å². The van der Waals surface area contributed by atoms with Gasteiger partial charge in [0.05, 0.1) is 0 Å². The largest absolute Gasteiger partial charge is 0.471 e. The number of halogens is 4. The molecule has 3 rings (SSSR count). The molecule has 3 aromatic rings. The van der Waals surface area contributed by atoms with Crippen molar-refractivity contribution < 1.29 is 17.7 Å². The van der Waals surface area contributed by atoms with Crippen LogP contribution in [0.4, 0.5) is 13.2 Å². The zero-order chi connectivity index (χ0) is 16.4. The van der Waals surface area contributed by atoms with Gasteiger partial charge in [0.25, 0.3) is 0 Å². The molecule has 0 bridgehead atoms. The average Bonchev–Trinajstić information content (AvgIpc) is 2.97. The van der Waals surface area contributed by atoms with Gasteiger partial charge < -0.3 is 4.52 Å². The lowest BCUT2D eigenvalue weighted by Gasteiger charge is -2.03. The number of rotatable bonds is 3. The Morgan fingerprint density at radius 2 is 2.00 bits per heavy atom. The molecule has 3 nitrogen and oxygen atoms in total. The summed E-state index contributed by atoms with van der Waals surface area (Å²) in [5.74, 6) is -1.50. The van der Waals surface area contributed by atoms with Crippen LogP contribution in [0.3, 0.4) is 0 Å². The van der Waals surface area contributed by atoms with Crippen molar-refractivity contribution in [1.29, 1.82) is 0 Å². The third-order valence-electron chi connectivity index (χ3n) is 2.73. The molecule has 23 heavy (non-hydrogen) atoms. The van der Waals surface area contributed by atoms with Crippen LogP contribution in [0.25, 0.3) is 11.4 Å². The Hall–Kier alpha value is -1.99. The Labute approximate surface area is 138 Å². The standard InChI is InChI=1S/C15H7ClF3N2OS/c16-10-4-2-6-12(8-10)23-11-5-1-3-9(7-11)13-20-14(22-21-13)15(17,18)19/h1-4,6-8H. The zero-order valence-electron chi connectivity index (χ0n) is 11.3. The lowest BCUT2D eigenvalue weighted by molar-refractivity contribution is -0.159. The van der Waals surface area contributed by atoms with Gasteiger partial charge in [-0.1, -0.05) is 46.7 Å². The summed E-state index contributed by atoms with van der Waals surface area (Å²) < 4.78 is 41.7. The molecule has 0 aliphatic carbocycles. The molecular formula is C15H7ClF3N2OS. The molecule has 2 aromatic carbocycles. The summed E-state index contributed by atoms with van der Waals surface area (Å²) in [4.78, 5) is 4.95. The zero-order valence-corrected chi connectivity index (χ0v) is 12.8. The molecule has 0 atom stereocenters. The van der Waals surface area contributed by atoms with Gasteiger partial charge in [-0.25, -0.2) is 0 Å². The minimum Gasteiger partial charge on any atom is -0.329 e. The monoisotopic (exact) mass is 355 g/mol. The van der Waals surface area contributed by atoms with Crippen LogP contribution in [0.15, 0.2) is 56.8 Å². The smallest absolute Gasteiger partial charge is 0.329 e. The minimum atomic E-state index is -4.66. The van der Waals surface area contributed by atoms with E-state index in [0.717, 1.165) is 4.90 Å². The highest BCUT2D eigenvalue weighted by atomic mass is 35.5. The third kappa shape index (κ3) is 3.86. The summed E-state index contributed by atoms with van der Waals surface area (Å²) in [5.41, 5.74) is 0.410. The van der Waals surface area contributed by atoms with Gasteiger partial charge in [-0.15, -0.1) is 0 Å². The van der Waals surface area contributed by atoms with Crippen molar-refractivity contribution in [2.75, 3.05) is 0 Å². The molecule has 0 amide bonds. The number of alkyl halides is 3. The predicted molar refractivity (Wildman–Crippen MR) is 79.1 cm³/mol. The normalized spacial score (nSPS) is 11.7. The van der Waals surface area contributed by atoms with Gasteiger partial charge in [-0.05, 0) is 30.3 Å². The second-order valence-electron chi connectivity index (χ2n) is 4.42. The van der Waals surface area contributed by atoms with E-state index < -0.39 is 12.1 Å². The molecule has 1 radical (unpaired) electrons. The number of nitrogens with zero attached hydrogens (tertiary/aromatic N) is 2. The van der Waals surface area contributed by atoms with Crippen molar-refractivity contribution >= 4 is 23.4 Å². The highest BCUT2D eigenvalue weighted by Crippen LogP contribution is 2.33. The topological polar surface area (TPSA) is 38.9 Å². The van der Waals surface area contributed by atoms with E-state index >= 15 is 0 Å². The van der Waals surface area contributed by atoms with Gasteiger partial charge in [0.1, 0.15) is 0 Å². The van der Waals surface area contributed by atoms with Crippen LogP contribution in [0.1, 0.15) is 5.89 Å². The molecule has 0 aliphatic rings. The van der Waals surface area contributed by atoms with E-state index in [1.54, 1.807) is 30.3 Å². The fourth-order valence-electron chi connectivity index (χ4n) is 1.76. The van der Waals surface area contributed by atoms with Crippen LogP contribution in [0.5, 0.6) is 0 Å².